The zero-order chi connectivity index (χ0) is 10.6. The smallest absolute Gasteiger partial charge is 0.0983 e. The second-order valence-electron chi connectivity index (χ2n) is 6.67. The van der Waals surface area contributed by atoms with Crippen molar-refractivity contribution in [3.05, 3.63) is 0 Å². The van der Waals surface area contributed by atoms with E-state index in [0.29, 0.717) is 11.5 Å². The van der Waals surface area contributed by atoms with Crippen molar-refractivity contribution in [1.29, 1.82) is 0 Å². The summed E-state index contributed by atoms with van der Waals surface area (Å²) in [6.45, 7) is 12.5. The summed E-state index contributed by atoms with van der Waals surface area (Å²) in [5.74, 6) is 0. The lowest BCUT2D eigenvalue weighted by atomic mass is 9.76. The molecule has 2 fully saturated rings. The van der Waals surface area contributed by atoms with Gasteiger partial charge in [-0.2, -0.15) is 0 Å². The number of hydrogen-bond acceptors (Lipinski definition) is 2. The summed E-state index contributed by atoms with van der Waals surface area (Å²) < 4.78 is 6.01. The minimum absolute atomic E-state index is 0.201. The van der Waals surface area contributed by atoms with Crippen molar-refractivity contribution < 1.29 is 4.74 Å². The van der Waals surface area contributed by atoms with Gasteiger partial charge in [-0.25, -0.2) is 0 Å². The molecule has 2 atom stereocenters. The molecular weight excluding hydrogens is 174 g/mol. The molecule has 2 saturated heterocycles. The van der Waals surface area contributed by atoms with Gasteiger partial charge < -0.3 is 10.1 Å². The minimum atomic E-state index is 0.201. The average molecular weight is 197 g/mol. The van der Waals surface area contributed by atoms with Crippen LogP contribution in [0.25, 0.3) is 0 Å². The van der Waals surface area contributed by atoms with Crippen LogP contribution in [0.5, 0.6) is 0 Å². The Kier molecular flexibility index (Phi) is 2.04. The molecule has 14 heavy (non-hydrogen) atoms. The van der Waals surface area contributed by atoms with Gasteiger partial charge in [-0.3, -0.25) is 0 Å². The molecule has 1 N–H and O–H groups in total. The Morgan fingerprint density at radius 1 is 1.29 bits per heavy atom. The van der Waals surface area contributed by atoms with Gasteiger partial charge in [-0.1, -0.05) is 20.8 Å². The zero-order valence-electron chi connectivity index (χ0n) is 10.1. The molecule has 2 nitrogen and oxygen atoms in total. The molecule has 0 unspecified atom stereocenters. The van der Waals surface area contributed by atoms with Gasteiger partial charge in [0, 0.05) is 5.54 Å². The van der Waals surface area contributed by atoms with Crippen molar-refractivity contribution in [2.75, 3.05) is 6.54 Å². The first-order valence-electron chi connectivity index (χ1n) is 5.68. The number of rotatable bonds is 0. The third kappa shape index (κ3) is 1.70. The van der Waals surface area contributed by atoms with E-state index < -0.39 is 0 Å². The maximum absolute atomic E-state index is 6.01. The fraction of sp³-hybridized carbons (Fsp3) is 1.00. The Bertz CT molecular complexity index is 241. The van der Waals surface area contributed by atoms with Crippen LogP contribution < -0.4 is 5.32 Å². The molecule has 2 heterocycles. The van der Waals surface area contributed by atoms with E-state index in [2.05, 4.69) is 39.9 Å². The van der Waals surface area contributed by atoms with Gasteiger partial charge >= 0.3 is 0 Å². The van der Waals surface area contributed by atoms with Crippen LogP contribution in [0.3, 0.4) is 0 Å². The molecule has 82 valence electrons. The van der Waals surface area contributed by atoms with Crippen molar-refractivity contribution in [2.24, 2.45) is 5.41 Å². The van der Waals surface area contributed by atoms with Gasteiger partial charge in [0.1, 0.15) is 0 Å². The minimum Gasteiger partial charge on any atom is -0.365 e. The summed E-state index contributed by atoms with van der Waals surface area (Å²) in [6.07, 6.45) is 2.80. The van der Waals surface area contributed by atoms with Crippen molar-refractivity contribution in [3.8, 4) is 0 Å². The Morgan fingerprint density at radius 3 is 2.36 bits per heavy atom. The number of piperidine rings is 1. The normalized spacial score (nSPS) is 41.4. The average Bonchev–Trinajstić information content (AvgIpc) is 2.59. The lowest BCUT2D eigenvalue weighted by Gasteiger charge is -2.36. The Labute approximate surface area is 87.4 Å². The molecule has 0 bridgehead atoms. The molecule has 0 aromatic heterocycles. The molecule has 2 aliphatic rings. The number of hydrogen-bond donors (Lipinski definition) is 1. The standard InChI is InChI=1S/C12H23NO/c1-10(2,3)9-12(14-9)6-7-13-11(4,5)8-12/h9,13H,6-8H2,1-5H3/t9-,12+/m1/s1. The van der Waals surface area contributed by atoms with Gasteiger partial charge in [0.25, 0.3) is 0 Å². The third-order valence-corrected chi connectivity index (χ3v) is 3.45. The van der Waals surface area contributed by atoms with Gasteiger partial charge in [-0.05, 0) is 38.6 Å². The maximum atomic E-state index is 6.01. The fourth-order valence-electron chi connectivity index (χ4n) is 3.00. The molecule has 0 amide bonds. The molecule has 0 aromatic rings. The van der Waals surface area contributed by atoms with E-state index in [9.17, 15) is 0 Å². The van der Waals surface area contributed by atoms with E-state index in [1.54, 1.807) is 0 Å². The summed E-state index contributed by atoms with van der Waals surface area (Å²) in [4.78, 5) is 0. The lowest BCUT2D eigenvalue weighted by Crippen LogP contribution is -2.50. The van der Waals surface area contributed by atoms with Crippen LogP contribution in [0, 0.1) is 5.41 Å². The molecular formula is C12H23NO. The summed E-state index contributed by atoms with van der Waals surface area (Å²) >= 11 is 0. The first-order valence-corrected chi connectivity index (χ1v) is 5.68. The number of ether oxygens (including phenoxy) is 1. The lowest BCUT2D eigenvalue weighted by molar-refractivity contribution is 0.168. The van der Waals surface area contributed by atoms with E-state index in [1.807, 2.05) is 0 Å². The second kappa shape index (κ2) is 2.73. The third-order valence-electron chi connectivity index (χ3n) is 3.45. The van der Waals surface area contributed by atoms with E-state index in [-0.39, 0.29) is 11.1 Å². The topological polar surface area (TPSA) is 24.6 Å². The summed E-state index contributed by atoms with van der Waals surface area (Å²) in [5.41, 5.74) is 0.749. The van der Waals surface area contributed by atoms with Gasteiger partial charge in [0.05, 0.1) is 11.7 Å². The molecule has 2 aliphatic heterocycles. The maximum Gasteiger partial charge on any atom is 0.0983 e. The molecule has 0 aliphatic carbocycles. The van der Waals surface area contributed by atoms with Gasteiger partial charge in [-0.15, -0.1) is 0 Å². The van der Waals surface area contributed by atoms with E-state index >= 15 is 0 Å². The zero-order valence-corrected chi connectivity index (χ0v) is 10.1. The number of nitrogens with one attached hydrogen (secondary N) is 1. The highest BCUT2D eigenvalue weighted by molar-refractivity contribution is 5.13. The molecule has 0 saturated carbocycles. The highest BCUT2D eigenvalue weighted by atomic mass is 16.6. The predicted molar refractivity (Wildman–Crippen MR) is 58.4 cm³/mol. The van der Waals surface area contributed by atoms with Crippen LogP contribution in [-0.4, -0.2) is 23.8 Å². The van der Waals surface area contributed by atoms with Crippen LogP contribution in [0.4, 0.5) is 0 Å². The monoisotopic (exact) mass is 197 g/mol. The second-order valence-corrected chi connectivity index (χ2v) is 6.67. The molecule has 0 aromatic carbocycles. The Balaban J connectivity index is 2.07. The van der Waals surface area contributed by atoms with E-state index in [0.717, 1.165) is 13.0 Å². The summed E-state index contributed by atoms with van der Waals surface area (Å²) in [5, 5.41) is 3.55. The Hall–Kier alpha value is -0.0800. The highest BCUT2D eigenvalue weighted by Gasteiger charge is 2.63. The summed E-state index contributed by atoms with van der Waals surface area (Å²) in [6, 6.07) is 0. The van der Waals surface area contributed by atoms with E-state index in [1.165, 1.54) is 6.42 Å². The van der Waals surface area contributed by atoms with Crippen LogP contribution >= 0.6 is 0 Å². The van der Waals surface area contributed by atoms with Crippen LogP contribution in [0.15, 0.2) is 0 Å². The van der Waals surface area contributed by atoms with Gasteiger partial charge in [0.15, 0.2) is 0 Å². The van der Waals surface area contributed by atoms with Crippen molar-refractivity contribution in [1.82, 2.24) is 5.32 Å². The van der Waals surface area contributed by atoms with Crippen LogP contribution in [0.2, 0.25) is 0 Å². The molecule has 0 radical (unpaired) electrons. The SMILES string of the molecule is CC1(C)C[C@]2(CCN1)O[C@@H]2C(C)(C)C. The first kappa shape index (κ1) is 10.4. The van der Waals surface area contributed by atoms with Crippen molar-refractivity contribution >= 4 is 0 Å². The number of epoxide rings is 1. The summed E-state index contributed by atoms with van der Waals surface area (Å²) in [7, 11) is 0. The van der Waals surface area contributed by atoms with Crippen LogP contribution in [0.1, 0.15) is 47.5 Å². The largest absolute Gasteiger partial charge is 0.365 e. The van der Waals surface area contributed by atoms with Crippen LogP contribution in [-0.2, 0) is 4.74 Å². The fourth-order valence-corrected chi connectivity index (χ4v) is 3.00. The quantitative estimate of drug-likeness (QED) is 0.603. The molecule has 2 heteroatoms. The predicted octanol–water partition coefficient (Wildman–Crippen LogP) is 2.33. The van der Waals surface area contributed by atoms with Crippen molar-refractivity contribution in [3.63, 3.8) is 0 Å². The highest BCUT2D eigenvalue weighted by Crippen LogP contribution is 2.54. The van der Waals surface area contributed by atoms with Gasteiger partial charge in [0.2, 0.25) is 0 Å². The molecule has 1 spiro atoms. The van der Waals surface area contributed by atoms with Crippen molar-refractivity contribution in [2.45, 2.75) is 64.7 Å². The molecule has 2 rings (SSSR count). The first-order chi connectivity index (χ1) is 6.25. The van der Waals surface area contributed by atoms with E-state index in [4.69, 9.17) is 4.74 Å². The Morgan fingerprint density at radius 2 is 1.93 bits per heavy atom.